The molecule has 0 fully saturated rings. The Balaban J connectivity index is 1.55. The van der Waals surface area contributed by atoms with E-state index in [1.54, 1.807) is 66.7 Å². The van der Waals surface area contributed by atoms with E-state index in [1.165, 1.54) is 17.9 Å². The molecule has 0 radical (unpaired) electrons. The topological polar surface area (TPSA) is 76.1 Å². The maximum atomic E-state index is 14.8. The lowest BCUT2D eigenvalue weighted by Crippen LogP contribution is -2.15. The van der Waals surface area contributed by atoms with Crippen LogP contribution in [0.15, 0.2) is 102 Å². The van der Waals surface area contributed by atoms with Crippen molar-refractivity contribution < 1.29 is 13.9 Å². The van der Waals surface area contributed by atoms with Gasteiger partial charge in [-0.05, 0) is 66.6 Å². The largest absolute Gasteiger partial charge is 0.496 e. The Kier molecular flexibility index (Phi) is 6.43. The van der Waals surface area contributed by atoms with Gasteiger partial charge in [-0.2, -0.15) is 0 Å². The van der Waals surface area contributed by atoms with Crippen molar-refractivity contribution in [1.29, 1.82) is 0 Å². The normalized spacial score (nSPS) is 10.8. The quantitative estimate of drug-likeness (QED) is 0.295. The molecule has 4 aromatic carbocycles. The number of methoxy groups -OCH3 is 1. The van der Waals surface area contributed by atoms with Crippen LogP contribution in [0, 0.1) is 12.7 Å². The van der Waals surface area contributed by atoms with Crippen molar-refractivity contribution in [3.8, 4) is 33.8 Å². The summed E-state index contributed by atoms with van der Waals surface area (Å²) in [6.45, 7) is 1.94. The fourth-order valence-corrected chi connectivity index (χ4v) is 4.26. The molecule has 2 N–H and O–H groups in total. The lowest BCUT2D eigenvalue weighted by atomic mass is 10.0. The Morgan fingerprint density at radius 1 is 0.919 bits per heavy atom. The third kappa shape index (κ3) is 4.67. The molecule has 0 aliphatic rings. The van der Waals surface area contributed by atoms with E-state index >= 15 is 0 Å². The lowest BCUT2D eigenvalue weighted by Gasteiger charge is -2.10. The molecule has 7 heteroatoms. The van der Waals surface area contributed by atoms with Gasteiger partial charge >= 0.3 is 0 Å². The van der Waals surface area contributed by atoms with E-state index in [1.807, 2.05) is 31.2 Å². The van der Waals surface area contributed by atoms with E-state index in [0.717, 1.165) is 5.56 Å². The molecule has 5 rings (SSSR count). The number of para-hydroxylation sites is 1. The Labute approximate surface area is 213 Å². The summed E-state index contributed by atoms with van der Waals surface area (Å²) in [7, 11) is 1.51. The van der Waals surface area contributed by atoms with Crippen LogP contribution in [0.1, 0.15) is 15.9 Å². The smallest absolute Gasteiger partial charge is 0.279 e. The number of aromatic nitrogens is 2. The van der Waals surface area contributed by atoms with Crippen molar-refractivity contribution in [1.82, 2.24) is 9.78 Å². The van der Waals surface area contributed by atoms with E-state index in [9.17, 15) is 14.0 Å². The summed E-state index contributed by atoms with van der Waals surface area (Å²) in [6, 6.07) is 27.6. The van der Waals surface area contributed by atoms with E-state index in [-0.39, 0.29) is 17.0 Å². The highest BCUT2D eigenvalue weighted by Crippen LogP contribution is 2.31. The Morgan fingerprint density at radius 3 is 2.38 bits per heavy atom. The van der Waals surface area contributed by atoms with Gasteiger partial charge in [0.15, 0.2) is 0 Å². The van der Waals surface area contributed by atoms with Gasteiger partial charge in [0, 0.05) is 11.3 Å². The van der Waals surface area contributed by atoms with Crippen LogP contribution in [-0.4, -0.2) is 22.8 Å². The zero-order valence-corrected chi connectivity index (χ0v) is 20.3. The summed E-state index contributed by atoms with van der Waals surface area (Å²) in [5.41, 5.74) is 3.84. The van der Waals surface area contributed by atoms with E-state index in [4.69, 9.17) is 4.74 Å². The number of aromatic amines is 1. The van der Waals surface area contributed by atoms with Crippen LogP contribution in [0.4, 0.5) is 10.1 Å². The number of benzene rings is 4. The Morgan fingerprint density at radius 2 is 1.65 bits per heavy atom. The van der Waals surface area contributed by atoms with Gasteiger partial charge in [0.2, 0.25) is 0 Å². The lowest BCUT2D eigenvalue weighted by molar-refractivity contribution is 0.102. The molecule has 0 bridgehead atoms. The summed E-state index contributed by atoms with van der Waals surface area (Å²) in [6.07, 6.45) is 0. The molecule has 0 aliphatic carbocycles. The molecule has 1 amide bonds. The Hall–Kier alpha value is -4.91. The summed E-state index contributed by atoms with van der Waals surface area (Å²) < 4.78 is 21.5. The number of anilines is 1. The van der Waals surface area contributed by atoms with Gasteiger partial charge in [0.1, 0.15) is 11.6 Å². The fourth-order valence-electron chi connectivity index (χ4n) is 4.26. The fraction of sp³-hybridized carbons (Fsp3) is 0.0667. The van der Waals surface area contributed by atoms with E-state index < -0.39 is 5.82 Å². The molecular weight excluding hydrogens is 469 g/mol. The zero-order chi connectivity index (χ0) is 25.9. The first-order chi connectivity index (χ1) is 18.0. The van der Waals surface area contributed by atoms with Gasteiger partial charge in [0.05, 0.1) is 29.6 Å². The predicted molar refractivity (Wildman–Crippen MR) is 143 cm³/mol. The second-order valence-corrected chi connectivity index (χ2v) is 8.55. The van der Waals surface area contributed by atoms with Crippen LogP contribution in [0.3, 0.4) is 0 Å². The van der Waals surface area contributed by atoms with Crippen LogP contribution in [0.5, 0.6) is 5.75 Å². The van der Waals surface area contributed by atoms with Crippen LogP contribution in [-0.2, 0) is 0 Å². The minimum absolute atomic E-state index is 0.287. The molecule has 0 spiro atoms. The number of rotatable bonds is 6. The number of nitrogens with zero attached hydrogens (tertiary/aromatic N) is 1. The van der Waals surface area contributed by atoms with Gasteiger partial charge in [0.25, 0.3) is 11.5 Å². The molecule has 5 aromatic rings. The van der Waals surface area contributed by atoms with Crippen LogP contribution in [0.25, 0.3) is 28.1 Å². The molecule has 0 unspecified atom stereocenters. The second kappa shape index (κ2) is 9.99. The van der Waals surface area contributed by atoms with E-state index in [0.29, 0.717) is 39.5 Å². The maximum absolute atomic E-state index is 14.8. The number of halogens is 1. The molecule has 6 nitrogen and oxygen atoms in total. The molecule has 0 saturated heterocycles. The maximum Gasteiger partial charge on any atom is 0.279 e. The average Bonchev–Trinajstić information content (AvgIpc) is 3.26. The summed E-state index contributed by atoms with van der Waals surface area (Å²) in [4.78, 5) is 26.4. The highest BCUT2D eigenvalue weighted by atomic mass is 19.1. The van der Waals surface area contributed by atoms with Gasteiger partial charge in [-0.15, -0.1) is 0 Å². The monoisotopic (exact) mass is 493 g/mol. The van der Waals surface area contributed by atoms with Crippen molar-refractivity contribution in [3.05, 3.63) is 124 Å². The first-order valence-corrected chi connectivity index (χ1v) is 11.7. The van der Waals surface area contributed by atoms with Gasteiger partial charge < -0.3 is 10.1 Å². The minimum atomic E-state index is -0.443. The highest BCUT2D eigenvalue weighted by molar-refractivity contribution is 6.06. The summed E-state index contributed by atoms with van der Waals surface area (Å²) in [5.74, 6) is -0.294. The van der Waals surface area contributed by atoms with Crippen molar-refractivity contribution in [2.75, 3.05) is 12.4 Å². The molecule has 0 atom stereocenters. The predicted octanol–water partition coefficient (Wildman–Crippen LogP) is 6.21. The Bertz CT molecular complexity index is 1650. The number of carbonyl (C=O) groups is 1. The standard InChI is InChI=1S/C30H24FN3O3/c1-19-8-7-9-22(18-19)34-30(36)27(28(33-34)23-10-3-5-12-25(23)31)20-14-16-21(17-15-20)32-29(35)24-11-4-6-13-26(24)37-2/h3-18,33H,1-2H3,(H,32,35). The van der Waals surface area contributed by atoms with Gasteiger partial charge in [-0.1, -0.05) is 48.5 Å². The number of hydrogen-bond acceptors (Lipinski definition) is 3. The van der Waals surface area contributed by atoms with Gasteiger partial charge in [-0.3, -0.25) is 14.7 Å². The average molecular weight is 494 g/mol. The van der Waals surface area contributed by atoms with Crippen molar-refractivity contribution in [3.63, 3.8) is 0 Å². The number of aryl methyl sites for hydroxylation is 1. The third-order valence-corrected chi connectivity index (χ3v) is 6.08. The number of ether oxygens (including phenoxy) is 1. The summed E-state index contributed by atoms with van der Waals surface area (Å²) in [5, 5.41) is 5.96. The van der Waals surface area contributed by atoms with Crippen LogP contribution >= 0.6 is 0 Å². The van der Waals surface area contributed by atoms with Gasteiger partial charge in [-0.25, -0.2) is 9.07 Å². The molecule has 1 aromatic heterocycles. The zero-order valence-electron chi connectivity index (χ0n) is 20.3. The highest BCUT2D eigenvalue weighted by Gasteiger charge is 2.21. The van der Waals surface area contributed by atoms with E-state index in [2.05, 4.69) is 10.4 Å². The third-order valence-electron chi connectivity index (χ3n) is 6.08. The minimum Gasteiger partial charge on any atom is -0.496 e. The van der Waals surface area contributed by atoms with Crippen molar-refractivity contribution in [2.45, 2.75) is 6.92 Å². The first kappa shape index (κ1) is 23.8. The molecule has 0 saturated carbocycles. The number of H-pyrrole nitrogens is 1. The molecule has 1 heterocycles. The number of hydrogen-bond donors (Lipinski definition) is 2. The second-order valence-electron chi connectivity index (χ2n) is 8.55. The number of nitrogens with one attached hydrogen (secondary N) is 2. The SMILES string of the molecule is COc1ccccc1C(=O)Nc1ccc(-c2c(-c3ccccc3F)[nH]n(-c3cccc(C)c3)c2=O)cc1. The molecular formula is C30H24FN3O3. The first-order valence-electron chi connectivity index (χ1n) is 11.7. The van der Waals surface area contributed by atoms with Crippen molar-refractivity contribution >= 4 is 11.6 Å². The summed E-state index contributed by atoms with van der Waals surface area (Å²) >= 11 is 0. The van der Waals surface area contributed by atoms with Crippen LogP contribution in [0.2, 0.25) is 0 Å². The molecule has 184 valence electrons. The number of amides is 1. The molecule has 0 aliphatic heterocycles. The number of carbonyl (C=O) groups excluding carboxylic acids is 1. The van der Waals surface area contributed by atoms with Crippen molar-refractivity contribution in [2.24, 2.45) is 0 Å². The van der Waals surface area contributed by atoms with Crippen LogP contribution < -0.4 is 15.6 Å². The molecule has 37 heavy (non-hydrogen) atoms.